The van der Waals surface area contributed by atoms with Crippen molar-refractivity contribution in [3.05, 3.63) is 17.9 Å². The highest BCUT2D eigenvalue weighted by atomic mass is 16.4. The van der Waals surface area contributed by atoms with Crippen LogP contribution in [0.3, 0.4) is 0 Å². The van der Waals surface area contributed by atoms with Gasteiger partial charge in [-0.2, -0.15) is 0 Å². The summed E-state index contributed by atoms with van der Waals surface area (Å²) in [7, 11) is 0. The van der Waals surface area contributed by atoms with Gasteiger partial charge in [0.05, 0.1) is 0 Å². The van der Waals surface area contributed by atoms with Crippen molar-refractivity contribution in [1.82, 2.24) is 10.2 Å². The van der Waals surface area contributed by atoms with Gasteiger partial charge in [-0.05, 0) is 12.8 Å². The van der Waals surface area contributed by atoms with Crippen LogP contribution in [0.25, 0.3) is 6.08 Å². The SMILES string of the molecule is O=C(O)/C=C/c1nnc(C2CC2)o1. The summed E-state index contributed by atoms with van der Waals surface area (Å²) in [6.45, 7) is 0. The minimum atomic E-state index is -1.02. The average Bonchev–Trinajstić information content (AvgIpc) is 2.83. The zero-order chi connectivity index (χ0) is 9.26. The molecule has 2 rings (SSSR count). The van der Waals surface area contributed by atoms with Crippen LogP contribution in [0.5, 0.6) is 0 Å². The van der Waals surface area contributed by atoms with Crippen molar-refractivity contribution in [2.75, 3.05) is 0 Å². The number of rotatable bonds is 3. The Hall–Kier alpha value is -1.65. The lowest BCUT2D eigenvalue weighted by molar-refractivity contribution is -0.131. The summed E-state index contributed by atoms with van der Waals surface area (Å²) in [5.74, 6) is 0.250. The number of carbonyl (C=O) groups is 1. The first-order valence-corrected chi connectivity index (χ1v) is 4.00. The third kappa shape index (κ3) is 1.93. The van der Waals surface area contributed by atoms with Gasteiger partial charge in [0.25, 0.3) is 0 Å². The minimum absolute atomic E-state index is 0.254. The molecule has 0 radical (unpaired) electrons. The number of hydrogen-bond acceptors (Lipinski definition) is 4. The fourth-order valence-corrected chi connectivity index (χ4v) is 0.952. The van der Waals surface area contributed by atoms with Crippen molar-refractivity contribution in [2.45, 2.75) is 18.8 Å². The Morgan fingerprint density at radius 1 is 1.54 bits per heavy atom. The van der Waals surface area contributed by atoms with Gasteiger partial charge >= 0.3 is 5.97 Å². The predicted octanol–water partition coefficient (Wildman–Crippen LogP) is 1.04. The van der Waals surface area contributed by atoms with Crippen LogP contribution in [0.1, 0.15) is 30.5 Å². The van der Waals surface area contributed by atoms with E-state index in [-0.39, 0.29) is 5.89 Å². The van der Waals surface area contributed by atoms with Crippen LogP contribution < -0.4 is 0 Å². The molecule has 5 heteroatoms. The molecule has 0 saturated heterocycles. The lowest BCUT2D eigenvalue weighted by Gasteiger charge is -1.82. The predicted molar refractivity (Wildman–Crippen MR) is 42.9 cm³/mol. The Kier molecular flexibility index (Phi) is 1.84. The van der Waals surface area contributed by atoms with Crippen molar-refractivity contribution in [1.29, 1.82) is 0 Å². The molecule has 1 saturated carbocycles. The van der Waals surface area contributed by atoms with E-state index < -0.39 is 5.97 Å². The summed E-state index contributed by atoms with van der Waals surface area (Å²) in [6.07, 6.45) is 4.44. The van der Waals surface area contributed by atoms with Gasteiger partial charge in [0, 0.05) is 18.1 Å². The van der Waals surface area contributed by atoms with E-state index in [1.165, 1.54) is 6.08 Å². The third-order valence-corrected chi connectivity index (χ3v) is 1.75. The maximum absolute atomic E-state index is 10.1. The van der Waals surface area contributed by atoms with Gasteiger partial charge in [-0.1, -0.05) is 0 Å². The van der Waals surface area contributed by atoms with E-state index in [4.69, 9.17) is 9.52 Å². The second-order valence-corrected chi connectivity index (χ2v) is 2.92. The van der Waals surface area contributed by atoms with E-state index in [0.717, 1.165) is 18.9 Å². The summed E-state index contributed by atoms with van der Waals surface area (Å²) in [5.41, 5.74) is 0. The normalized spacial score (nSPS) is 16.6. The number of hydrogen-bond donors (Lipinski definition) is 1. The monoisotopic (exact) mass is 180 g/mol. The first kappa shape index (κ1) is 7.97. The second kappa shape index (κ2) is 3.01. The smallest absolute Gasteiger partial charge is 0.328 e. The van der Waals surface area contributed by atoms with Crippen molar-refractivity contribution in [3.8, 4) is 0 Å². The molecule has 0 spiro atoms. The van der Waals surface area contributed by atoms with Gasteiger partial charge in [0.1, 0.15) is 0 Å². The molecule has 0 unspecified atom stereocenters. The molecule has 1 heterocycles. The molecule has 1 aliphatic rings. The molecule has 1 aromatic rings. The van der Waals surface area contributed by atoms with E-state index >= 15 is 0 Å². The summed E-state index contributed by atoms with van der Waals surface area (Å²) >= 11 is 0. The van der Waals surface area contributed by atoms with E-state index in [1.54, 1.807) is 0 Å². The lowest BCUT2D eigenvalue weighted by atomic mass is 10.4. The maximum atomic E-state index is 10.1. The zero-order valence-electron chi connectivity index (χ0n) is 6.80. The number of carboxylic acids is 1. The molecular weight excluding hydrogens is 172 g/mol. The van der Waals surface area contributed by atoms with E-state index in [9.17, 15) is 4.79 Å². The molecule has 0 aromatic carbocycles. The van der Waals surface area contributed by atoms with Crippen LogP contribution >= 0.6 is 0 Å². The van der Waals surface area contributed by atoms with Crippen molar-refractivity contribution in [3.63, 3.8) is 0 Å². The van der Waals surface area contributed by atoms with Gasteiger partial charge in [-0.15, -0.1) is 10.2 Å². The van der Waals surface area contributed by atoms with E-state index in [1.807, 2.05) is 0 Å². The fraction of sp³-hybridized carbons (Fsp3) is 0.375. The Morgan fingerprint density at radius 3 is 2.92 bits per heavy atom. The van der Waals surface area contributed by atoms with Gasteiger partial charge in [-0.3, -0.25) is 0 Å². The Morgan fingerprint density at radius 2 is 2.31 bits per heavy atom. The highest BCUT2D eigenvalue weighted by Crippen LogP contribution is 2.38. The average molecular weight is 180 g/mol. The van der Waals surface area contributed by atoms with Gasteiger partial charge in [-0.25, -0.2) is 4.79 Å². The quantitative estimate of drug-likeness (QED) is 0.703. The van der Waals surface area contributed by atoms with Crippen molar-refractivity contribution in [2.24, 2.45) is 0 Å². The van der Waals surface area contributed by atoms with Crippen LogP contribution in [0, 0.1) is 0 Å². The van der Waals surface area contributed by atoms with Gasteiger partial charge < -0.3 is 9.52 Å². The molecule has 13 heavy (non-hydrogen) atoms. The molecule has 1 aliphatic carbocycles. The summed E-state index contributed by atoms with van der Waals surface area (Å²) in [5, 5.41) is 15.8. The first-order valence-electron chi connectivity index (χ1n) is 4.00. The number of aliphatic carboxylic acids is 1. The molecule has 0 amide bonds. The van der Waals surface area contributed by atoms with E-state index in [0.29, 0.717) is 11.8 Å². The van der Waals surface area contributed by atoms with Crippen LogP contribution in [0.2, 0.25) is 0 Å². The van der Waals surface area contributed by atoms with Gasteiger partial charge in [0.15, 0.2) is 0 Å². The molecule has 1 N–H and O–H groups in total. The Labute approximate surface area is 74.1 Å². The largest absolute Gasteiger partial charge is 0.478 e. The topological polar surface area (TPSA) is 76.2 Å². The number of aromatic nitrogens is 2. The lowest BCUT2D eigenvalue weighted by Crippen LogP contribution is -1.85. The molecule has 1 fully saturated rings. The molecule has 5 nitrogen and oxygen atoms in total. The minimum Gasteiger partial charge on any atom is -0.478 e. The van der Waals surface area contributed by atoms with E-state index in [2.05, 4.69) is 10.2 Å². The third-order valence-electron chi connectivity index (χ3n) is 1.75. The second-order valence-electron chi connectivity index (χ2n) is 2.92. The first-order chi connectivity index (χ1) is 6.25. The molecule has 68 valence electrons. The van der Waals surface area contributed by atoms with Crippen molar-refractivity contribution >= 4 is 12.0 Å². The zero-order valence-corrected chi connectivity index (χ0v) is 6.80. The maximum Gasteiger partial charge on any atom is 0.328 e. The number of nitrogens with zero attached hydrogens (tertiary/aromatic N) is 2. The molecule has 0 bridgehead atoms. The van der Waals surface area contributed by atoms with Crippen LogP contribution in [-0.4, -0.2) is 21.3 Å². The summed E-state index contributed by atoms with van der Waals surface area (Å²) in [6, 6.07) is 0. The molecule has 1 aromatic heterocycles. The highest BCUT2D eigenvalue weighted by molar-refractivity contribution is 5.84. The summed E-state index contributed by atoms with van der Waals surface area (Å²) < 4.78 is 5.19. The van der Waals surface area contributed by atoms with Crippen LogP contribution in [-0.2, 0) is 4.79 Å². The van der Waals surface area contributed by atoms with Crippen LogP contribution in [0.15, 0.2) is 10.5 Å². The standard InChI is InChI=1S/C8H8N2O3/c11-7(12)4-3-6-9-10-8(13-6)5-1-2-5/h3-5H,1-2H2,(H,11,12)/b4-3+. The Balaban J connectivity index is 2.08. The van der Waals surface area contributed by atoms with Crippen LogP contribution in [0.4, 0.5) is 0 Å². The van der Waals surface area contributed by atoms with Crippen molar-refractivity contribution < 1.29 is 14.3 Å². The molecule has 0 aliphatic heterocycles. The van der Waals surface area contributed by atoms with Gasteiger partial charge in [0.2, 0.25) is 11.8 Å². The molecular formula is C8H8N2O3. The number of carboxylic acid groups (broad SMARTS) is 1. The summed E-state index contributed by atoms with van der Waals surface area (Å²) in [4.78, 5) is 10.1. The highest BCUT2D eigenvalue weighted by Gasteiger charge is 2.28. The Bertz CT molecular complexity index is 352. The fourth-order valence-electron chi connectivity index (χ4n) is 0.952. The molecule has 0 atom stereocenters.